The van der Waals surface area contributed by atoms with E-state index in [9.17, 15) is 4.79 Å². The lowest BCUT2D eigenvalue weighted by Crippen LogP contribution is -2.39. The van der Waals surface area contributed by atoms with Crippen molar-refractivity contribution in [3.63, 3.8) is 0 Å². The predicted octanol–water partition coefficient (Wildman–Crippen LogP) is 1.00. The Bertz CT molecular complexity index is 469. The highest BCUT2D eigenvalue weighted by atomic mass is 16.2. The smallest absolute Gasteiger partial charge is 0.288 e. The van der Waals surface area contributed by atoms with Crippen molar-refractivity contribution < 1.29 is 4.79 Å². The van der Waals surface area contributed by atoms with Crippen molar-refractivity contribution in [1.82, 2.24) is 10.2 Å². The summed E-state index contributed by atoms with van der Waals surface area (Å²) in [6.45, 7) is 3.15. The van der Waals surface area contributed by atoms with Gasteiger partial charge in [-0.15, -0.1) is 0 Å². The summed E-state index contributed by atoms with van der Waals surface area (Å²) in [5.41, 5.74) is 1.33. The normalized spacial score (nSPS) is 22.8. The highest BCUT2D eigenvalue weighted by molar-refractivity contribution is 6.38. The first-order valence-corrected chi connectivity index (χ1v) is 6.47. The molecule has 0 bridgehead atoms. The van der Waals surface area contributed by atoms with Gasteiger partial charge in [0.15, 0.2) is 5.84 Å². The molecule has 1 N–H and O–H groups in total. The van der Waals surface area contributed by atoms with Crippen molar-refractivity contribution in [2.24, 2.45) is 4.99 Å². The van der Waals surface area contributed by atoms with E-state index in [1.807, 2.05) is 11.0 Å². The van der Waals surface area contributed by atoms with Gasteiger partial charge in [0.25, 0.3) is 5.91 Å². The fourth-order valence-electron chi connectivity index (χ4n) is 2.63. The molecule has 94 valence electrons. The maximum absolute atomic E-state index is 12.2. The standard InChI is InChI=1S/C14H17N3O/c18-14(13-15-7-8-16-13)17-9-6-12(10-17)11-4-2-1-3-5-11/h1-5,12H,6-10H2,(H,15,16). The molecular weight excluding hydrogens is 226 g/mol. The Kier molecular flexibility index (Phi) is 3.00. The van der Waals surface area contributed by atoms with Crippen LogP contribution in [0.3, 0.4) is 0 Å². The maximum Gasteiger partial charge on any atom is 0.288 e. The minimum absolute atomic E-state index is 0.0610. The van der Waals surface area contributed by atoms with Crippen LogP contribution >= 0.6 is 0 Å². The number of amides is 1. The fraction of sp³-hybridized carbons (Fsp3) is 0.429. The molecule has 18 heavy (non-hydrogen) atoms. The summed E-state index contributed by atoms with van der Waals surface area (Å²) in [4.78, 5) is 18.3. The second-order valence-corrected chi connectivity index (χ2v) is 4.80. The molecule has 4 heteroatoms. The summed E-state index contributed by atoms with van der Waals surface area (Å²) in [5.74, 6) is 1.08. The van der Waals surface area contributed by atoms with Crippen molar-refractivity contribution in [3.05, 3.63) is 35.9 Å². The van der Waals surface area contributed by atoms with Crippen molar-refractivity contribution in [2.75, 3.05) is 26.2 Å². The van der Waals surface area contributed by atoms with Gasteiger partial charge in [0.1, 0.15) is 0 Å². The SMILES string of the molecule is O=C(C1=NCCN1)N1CCC(c2ccccc2)C1. The molecule has 1 saturated heterocycles. The van der Waals surface area contributed by atoms with E-state index in [0.29, 0.717) is 11.8 Å². The van der Waals surface area contributed by atoms with Crippen LogP contribution in [0.25, 0.3) is 0 Å². The fourth-order valence-corrected chi connectivity index (χ4v) is 2.63. The van der Waals surface area contributed by atoms with Gasteiger partial charge in [0.05, 0.1) is 6.54 Å². The third-order valence-corrected chi connectivity index (χ3v) is 3.62. The quantitative estimate of drug-likeness (QED) is 0.842. The van der Waals surface area contributed by atoms with Gasteiger partial charge in [-0.1, -0.05) is 30.3 Å². The highest BCUT2D eigenvalue weighted by Gasteiger charge is 2.30. The van der Waals surface area contributed by atoms with Gasteiger partial charge >= 0.3 is 0 Å². The number of rotatable bonds is 2. The summed E-state index contributed by atoms with van der Waals surface area (Å²) in [5, 5.41) is 3.05. The van der Waals surface area contributed by atoms with E-state index in [2.05, 4.69) is 34.6 Å². The largest absolute Gasteiger partial charge is 0.364 e. The third-order valence-electron chi connectivity index (χ3n) is 3.62. The van der Waals surface area contributed by atoms with Crippen LogP contribution in [0.5, 0.6) is 0 Å². The van der Waals surface area contributed by atoms with Crippen LogP contribution in [0.4, 0.5) is 0 Å². The second-order valence-electron chi connectivity index (χ2n) is 4.80. The van der Waals surface area contributed by atoms with Crippen LogP contribution in [0.15, 0.2) is 35.3 Å². The lowest BCUT2D eigenvalue weighted by atomic mass is 9.99. The van der Waals surface area contributed by atoms with E-state index in [1.54, 1.807) is 0 Å². The monoisotopic (exact) mass is 243 g/mol. The zero-order chi connectivity index (χ0) is 12.4. The summed E-state index contributed by atoms with van der Waals surface area (Å²) >= 11 is 0. The van der Waals surface area contributed by atoms with Crippen LogP contribution in [0.1, 0.15) is 17.9 Å². The van der Waals surface area contributed by atoms with Gasteiger partial charge in [-0.25, -0.2) is 0 Å². The molecule has 2 aliphatic heterocycles. The maximum atomic E-state index is 12.2. The van der Waals surface area contributed by atoms with E-state index in [0.717, 1.165) is 32.6 Å². The van der Waals surface area contributed by atoms with E-state index in [1.165, 1.54) is 5.56 Å². The number of aliphatic imine (C=N–C) groups is 1. The Morgan fingerprint density at radius 2 is 2.17 bits per heavy atom. The van der Waals surface area contributed by atoms with Crippen molar-refractivity contribution in [2.45, 2.75) is 12.3 Å². The first kappa shape index (κ1) is 11.3. The second kappa shape index (κ2) is 4.80. The molecule has 1 aromatic rings. The molecule has 0 aromatic heterocycles. The highest BCUT2D eigenvalue weighted by Crippen LogP contribution is 2.26. The molecule has 0 spiro atoms. The van der Waals surface area contributed by atoms with Gasteiger partial charge in [-0.3, -0.25) is 9.79 Å². The number of carbonyl (C=O) groups excluding carboxylic acids is 1. The molecule has 4 nitrogen and oxygen atoms in total. The Hall–Kier alpha value is -1.84. The molecular formula is C14H17N3O. The lowest BCUT2D eigenvalue weighted by Gasteiger charge is -2.16. The minimum Gasteiger partial charge on any atom is -0.364 e. The number of nitrogens with zero attached hydrogens (tertiary/aromatic N) is 2. The molecule has 0 radical (unpaired) electrons. The van der Waals surface area contributed by atoms with E-state index < -0.39 is 0 Å². The average molecular weight is 243 g/mol. The number of nitrogens with one attached hydrogen (secondary N) is 1. The number of carbonyl (C=O) groups is 1. The number of likely N-dealkylation sites (tertiary alicyclic amines) is 1. The Labute approximate surface area is 107 Å². The van der Waals surface area contributed by atoms with E-state index in [-0.39, 0.29) is 5.91 Å². The number of hydrogen-bond acceptors (Lipinski definition) is 3. The molecule has 1 aromatic carbocycles. The van der Waals surface area contributed by atoms with Crippen LogP contribution in [0, 0.1) is 0 Å². The van der Waals surface area contributed by atoms with Gasteiger partial charge in [0.2, 0.25) is 0 Å². The van der Waals surface area contributed by atoms with Crippen molar-refractivity contribution in [1.29, 1.82) is 0 Å². The first-order valence-electron chi connectivity index (χ1n) is 6.47. The molecule has 1 unspecified atom stereocenters. The van der Waals surface area contributed by atoms with E-state index >= 15 is 0 Å². The molecule has 1 amide bonds. The van der Waals surface area contributed by atoms with Crippen molar-refractivity contribution >= 4 is 11.7 Å². The Morgan fingerprint density at radius 1 is 1.33 bits per heavy atom. The summed E-state index contributed by atoms with van der Waals surface area (Å²) < 4.78 is 0. The number of hydrogen-bond donors (Lipinski definition) is 1. The Balaban J connectivity index is 1.67. The molecule has 1 atom stereocenters. The molecule has 2 heterocycles. The summed E-state index contributed by atoms with van der Waals surface area (Å²) in [6.07, 6.45) is 1.04. The van der Waals surface area contributed by atoms with Gasteiger partial charge in [-0.05, 0) is 12.0 Å². The van der Waals surface area contributed by atoms with Gasteiger partial charge in [-0.2, -0.15) is 0 Å². The molecule has 0 saturated carbocycles. The van der Waals surface area contributed by atoms with Gasteiger partial charge in [0, 0.05) is 25.6 Å². The minimum atomic E-state index is 0.0610. The predicted molar refractivity (Wildman–Crippen MR) is 70.7 cm³/mol. The number of benzene rings is 1. The third kappa shape index (κ3) is 2.10. The molecule has 2 aliphatic rings. The number of amidine groups is 1. The van der Waals surface area contributed by atoms with Crippen LogP contribution < -0.4 is 5.32 Å². The lowest BCUT2D eigenvalue weighted by molar-refractivity contribution is -0.123. The van der Waals surface area contributed by atoms with Crippen LogP contribution in [0.2, 0.25) is 0 Å². The molecule has 1 fully saturated rings. The average Bonchev–Trinajstić information content (AvgIpc) is 3.10. The zero-order valence-corrected chi connectivity index (χ0v) is 10.3. The van der Waals surface area contributed by atoms with Crippen molar-refractivity contribution in [3.8, 4) is 0 Å². The zero-order valence-electron chi connectivity index (χ0n) is 10.3. The van der Waals surface area contributed by atoms with Crippen LogP contribution in [-0.2, 0) is 4.79 Å². The van der Waals surface area contributed by atoms with Crippen LogP contribution in [-0.4, -0.2) is 42.8 Å². The molecule has 0 aliphatic carbocycles. The van der Waals surface area contributed by atoms with Gasteiger partial charge < -0.3 is 10.2 Å². The topological polar surface area (TPSA) is 44.7 Å². The molecule has 3 rings (SSSR count). The first-order chi connectivity index (χ1) is 8.84. The van der Waals surface area contributed by atoms with E-state index in [4.69, 9.17) is 0 Å². The summed E-state index contributed by atoms with van der Waals surface area (Å²) in [6, 6.07) is 10.4. The summed E-state index contributed by atoms with van der Waals surface area (Å²) in [7, 11) is 0. The Morgan fingerprint density at radius 3 is 2.89 bits per heavy atom.